The lowest BCUT2D eigenvalue weighted by atomic mass is 10.1. The monoisotopic (exact) mass is 295 g/mol. The Bertz CT molecular complexity index is 619. The highest BCUT2D eigenvalue weighted by Crippen LogP contribution is 2.30. The second-order valence-electron chi connectivity index (χ2n) is 4.23. The summed E-state index contributed by atoms with van der Waals surface area (Å²) >= 11 is 0. The minimum absolute atomic E-state index is 0.263. The van der Waals surface area contributed by atoms with Gasteiger partial charge in [0.1, 0.15) is 0 Å². The number of ether oxygens (including phenoxy) is 1. The lowest BCUT2D eigenvalue weighted by Crippen LogP contribution is -2.05. The Labute approximate surface area is 119 Å². The fourth-order valence-corrected chi connectivity index (χ4v) is 1.73. The standard InChI is InChI=1S/C15H12F3NO2/c1-2-21-14(20)11-5-8-13(19-9-11)10-3-6-12(7-4-10)15(16,17)18/h3-9H,2H2,1H3. The van der Waals surface area contributed by atoms with Crippen LogP contribution in [0.3, 0.4) is 0 Å². The summed E-state index contributed by atoms with van der Waals surface area (Å²) in [5.74, 6) is -0.482. The summed E-state index contributed by atoms with van der Waals surface area (Å²) in [5.41, 5.74) is 0.608. The van der Waals surface area contributed by atoms with Gasteiger partial charge < -0.3 is 4.74 Å². The summed E-state index contributed by atoms with van der Waals surface area (Å²) in [6.45, 7) is 1.96. The van der Waals surface area contributed by atoms with Gasteiger partial charge in [0, 0.05) is 11.8 Å². The summed E-state index contributed by atoms with van der Waals surface area (Å²) in [6.07, 6.45) is -3.02. The highest BCUT2D eigenvalue weighted by Gasteiger charge is 2.29. The van der Waals surface area contributed by atoms with E-state index in [2.05, 4.69) is 4.98 Å². The van der Waals surface area contributed by atoms with E-state index in [9.17, 15) is 18.0 Å². The molecule has 0 radical (unpaired) electrons. The van der Waals surface area contributed by atoms with Gasteiger partial charge in [0.05, 0.1) is 23.4 Å². The number of carbonyl (C=O) groups excluding carboxylic acids is 1. The topological polar surface area (TPSA) is 39.2 Å². The molecule has 0 saturated carbocycles. The summed E-state index contributed by atoms with van der Waals surface area (Å²) in [7, 11) is 0. The van der Waals surface area contributed by atoms with E-state index in [1.54, 1.807) is 13.0 Å². The normalized spacial score (nSPS) is 11.2. The Balaban J connectivity index is 2.21. The molecule has 0 bridgehead atoms. The van der Waals surface area contributed by atoms with Gasteiger partial charge in [-0.3, -0.25) is 4.98 Å². The molecule has 1 heterocycles. The Morgan fingerprint density at radius 3 is 2.29 bits per heavy atom. The van der Waals surface area contributed by atoms with Crippen LogP contribution >= 0.6 is 0 Å². The van der Waals surface area contributed by atoms with Crippen LogP contribution < -0.4 is 0 Å². The van der Waals surface area contributed by atoms with Crippen molar-refractivity contribution in [3.63, 3.8) is 0 Å². The number of carbonyl (C=O) groups is 1. The molecule has 0 aliphatic rings. The zero-order chi connectivity index (χ0) is 15.5. The first-order chi connectivity index (χ1) is 9.91. The van der Waals surface area contributed by atoms with E-state index in [0.29, 0.717) is 16.8 Å². The fourth-order valence-electron chi connectivity index (χ4n) is 1.73. The smallest absolute Gasteiger partial charge is 0.416 e. The Kier molecular flexibility index (Phi) is 4.26. The van der Waals surface area contributed by atoms with E-state index in [4.69, 9.17) is 4.74 Å². The Hall–Kier alpha value is -2.37. The number of nitrogens with zero attached hydrogens (tertiary/aromatic N) is 1. The van der Waals surface area contributed by atoms with Crippen molar-refractivity contribution in [1.29, 1.82) is 0 Å². The largest absolute Gasteiger partial charge is 0.462 e. The third kappa shape index (κ3) is 3.59. The zero-order valence-electron chi connectivity index (χ0n) is 11.1. The summed E-state index contributed by atoms with van der Waals surface area (Å²) in [5, 5.41) is 0. The highest BCUT2D eigenvalue weighted by atomic mass is 19.4. The third-order valence-electron chi connectivity index (χ3n) is 2.78. The van der Waals surface area contributed by atoms with Gasteiger partial charge in [-0.15, -0.1) is 0 Å². The first kappa shape index (κ1) is 15.0. The van der Waals surface area contributed by atoms with Crippen LogP contribution in [-0.4, -0.2) is 17.6 Å². The van der Waals surface area contributed by atoms with Crippen molar-refractivity contribution in [3.8, 4) is 11.3 Å². The second-order valence-corrected chi connectivity index (χ2v) is 4.23. The molecule has 0 atom stereocenters. The van der Waals surface area contributed by atoms with Crippen LogP contribution in [0.4, 0.5) is 13.2 Å². The molecule has 0 aliphatic heterocycles. The minimum Gasteiger partial charge on any atom is -0.462 e. The van der Waals surface area contributed by atoms with Crippen LogP contribution in [0.15, 0.2) is 42.6 Å². The number of hydrogen-bond donors (Lipinski definition) is 0. The maximum absolute atomic E-state index is 12.5. The van der Waals surface area contributed by atoms with Crippen molar-refractivity contribution >= 4 is 5.97 Å². The van der Waals surface area contributed by atoms with Gasteiger partial charge in [-0.25, -0.2) is 4.79 Å². The molecular weight excluding hydrogens is 283 g/mol. The molecule has 6 heteroatoms. The Morgan fingerprint density at radius 2 is 1.81 bits per heavy atom. The van der Waals surface area contributed by atoms with Gasteiger partial charge in [0.15, 0.2) is 0 Å². The van der Waals surface area contributed by atoms with Crippen LogP contribution in [0.1, 0.15) is 22.8 Å². The van der Waals surface area contributed by atoms with Crippen LogP contribution in [0, 0.1) is 0 Å². The molecule has 0 N–H and O–H groups in total. The molecule has 0 unspecified atom stereocenters. The SMILES string of the molecule is CCOC(=O)c1ccc(-c2ccc(C(F)(F)F)cc2)nc1. The summed E-state index contributed by atoms with van der Waals surface area (Å²) in [4.78, 5) is 15.5. The lowest BCUT2D eigenvalue weighted by molar-refractivity contribution is -0.137. The number of aromatic nitrogens is 1. The van der Waals surface area contributed by atoms with Crippen molar-refractivity contribution in [2.24, 2.45) is 0 Å². The van der Waals surface area contributed by atoms with E-state index < -0.39 is 17.7 Å². The number of benzene rings is 1. The zero-order valence-corrected chi connectivity index (χ0v) is 11.1. The molecule has 1 aromatic heterocycles. The molecule has 0 saturated heterocycles. The van der Waals surface area contributed by atoms with Crippen molar-refractivity contribution in [3.05, 3.63) is 53.7 Å². The number of hydrogen-bond acceptors (Lipinski definition) is 3. The van der Waals surface area contributed by atoms with Crippen molar-refractivity contribution < 1.29 is 22.7 Å². The molecule has 0 spiro atoms. The lowest BCUT2D eigenvalue weighted by Gasteiger charge is -2.07. The maximum Gasteiger partial charge on any atom is 0.416 e. The van der Waals surface area contributed by atoms with Gasteiger partial charge in [0.25, 0.3) is 0 Å². The maximum atomic E-state index is 12.5. The summed E-state index contributed by atoms with van der Waals surface area (Å²) in [6, 6.07) is 7.77. The Morgan fingerprint density at radius 1 is 1.14 bits per heavy atom. The molecule has 0 aliphatic carbocycles. The first-order valence-electron chi connectivity index (χ1n) is 6.22. The molecule has 0 fully saturated rings. The van der Waals surface area contributed by atoms with Crippen molar-refractivity contribution in [2.75, 3.05) is 6.61 Å². The molecular formula is C15H12F3NO2. The van der Waals surface area contributed by atoms with Gasteiger partial charge in [0.2, 0.25) is 0 Å². The van der Waals surface area contributed by atoms with Crippen LogP contribution in [0.2, 0.25) is 0 Å². The summed E-state index contributed by atoms with van der Waals surface area (Å²) < 4.78 is 42.2. The number of pyridine rings is 1. The number of alkyl halides is 3. The van der Waals surface area contributed by atoms with Gasteiger partial charge in [-0.1, -0.05) is 12.1 Å². The van der Waals surface area contributed by atoms with Crippen molar-refractivity contribution in [2.45, 2.75) is 13.1 Å². The number of esters is 1. The molecule has 0 amide bonds. The van der Waals surface area contributed by atoms with Crippen LogP contribution in [0.5, 0.6) is 0 Å². The highest BCUT2D eigenvalue weighted by molar-refractivity contribution is 5.89. The van der Waals surface area contributed by atoms with Gasteiger partial charge >= 0.3 is 12.1 Å². The van der Waals surface area contributed by atoms with Crippen molar-refractivity contribution in [1.82, 2.24) is 4.98 Å². The average Bonchev–Trinajstić information content (AvgIpc) is 2.47. The molecule has 1 aromatic carbocycles. The molecule has 21 heavy (non-hydrogen) atoms. The fraction of sp³-hybridized carbons (Fsp3) is 0.200. The molecule has 110 valence electrons. The van der Waals surface area contributed by atoms with Crippen LogP contribution in [0.25, 0.3) is 11.3 Å². The van der Waals surface area contributed by atoms with E-state index in [-0.39, 0.29) is 6.61 Å². The second kappa shape index (κ2) is 5.95. The van der Waals surface area contributed by atoms with Gasteiger partial charge in [-0.2, -0.15) is 13.2 Å². The van der Waals surface area contributed by atoms with Crippen LogP contribution in [-0.2, 0) is 10.9 Å². The predicted molar refractivity (Wildman–Crippen MR) is 70.6 cm³/mol. The molecule has 2 aromatic rings. The van der Waals surface area contributed by atoms with E-state index in [1.165, 1.54) is 24.4 Å². The van der Waals surface area contributed by atoms with E-state index >= 15 is 0 Å². The van der Waals surface area contributed by atoms with E-state index in [1.807, 2.05) is 0 Å². The average molecular weight is 295 g/mol. The first-order valence-corrected chi connectivity index (χ1v) is 6.22. The minimum atomic E-state index is -4.36. The molecule has 2 rings (SSSR count). The van der Waals surface area contributed by atoms with E-state index in [0.717, 1.165) is 12.1 Å². The van der Waals surface area contributed by atoms with Gasteiger partial charge in [-0.05, 0) is 31.2 Å². The quantitative estimate of drug-likeness (QED) is 0.805. The predicted octanol–water partition coefficient (Wildman–Crippen LogP) is 3.94. The molecule has 3 nitrogen and oxygen atoms in total. The number of rotatable bonds is 3. The third-order valence-corrected chi connectivity index (χ3v) is 2.78. The number of halogens is 3.